The molecule has 0 aliphatic rings. The van der Waals surface area contributed by atoms with Gasteiger partial charge in [-0.25, -0.2) is 9.97 Å². The summed E-state index contributed by atoms with van der Waals surface area (Å²) >= 11 is 7.15. The topological polar surface area (TPSA) is 58.6 Å². The van der Waals surface area contributed by atoms with Crippen molar-refractivity contribution in [2.24, 2.45) is 0 Å². The van der Waals surface area contributed by atoms with Crippen molar-refractivity contribution in [1.29, 1.82) is 0 Å². The van der Waals surface area contributed by atoms with Crippen molar-refractivity contribution in [3.63, 3.8) is 0 Å². The molecule has 0 bridgehead atoms. The van der Waals surface area contributed by atoms with E-state index in [9.17, 15) is 4.79 Å². The fraction of sp³-hybridized carbons (Fsp3) is 0.100. The summed E-state index contributed by atoms with van der Waals surface area (Å²) in [6, 6.07) is 3.12. The van der Waals surface area contributed by atoms with Crippen molar-refractivity contribution in [2.75, 3.05) is 0 Å². The molecule has 0 aromatic carbocycles. The van der Waals surface area contributed by atoms with Gasteiger partial charge >= 0.3 is 0 Å². The van der Waals surface area contributed by atoms with Crippen LogP contribution in [0.25, 0.3) is 0 Å². The number of pyridine rings is 1. The lowest BCUT2D eigenvalue weighted by Crippen LogP contribution is -2.05. The number of hydrogen-bond acceptors (Lipinski definition) is 4. The lowest BCUT2D eigenvalue weighted by molar-refractivity contribution is 0.935. The highest BCUT2D eigenvalue weighted by Crippen LogP contribution is 2.28. The van der Waals surface area contributed by atoms with Crippen molar-refractivity contribution in [3.8, 4) is 0 Å². The van der Waals surface area contributed by atoms with E-state index in [1.54, 1.807) is 12.3 Å². The second kappa shape index (κ2) is 4.67. The van der Waals surface area contributed by atoms with Gasteiger partial charge in [-0.1, -0.05) is 23.4 Å². The van der Waals surface area contributed by atoms with Crippen LogP contribution in [0.2, 0.25) is 5.15 Å². The van der Waals surface area contributed by atoms with Crippen LogP contribution in [0.4, 0.5) is 0 Å². The zero-order valence-electron chi connectivity index (χ0n) is 8.40. The molecular weight excluding hydrogens is 246 g/mol. The van der Waals surface area contributed by atoms with Crippen molar-refractivity contribution in [1.82, 2.24) is 15.0 Å². The Labute approximate surface area is 101 Å². The first-order valence-electron chi connectivity index (χ1n) is 4.50. The number of hydrogen-bond donors (Lipinski definition) is 1. The highest BCUT2D eigenvalue weighted by molar-refractivity contribution is 7.99. The number of aryl methyl sites for hydroxylation is 1. The van der Waals surface area contributed by atoms with E-state index in [0.717, 1.165) is 10.5 Å². The lowest BCUT2D eigenvalue weighted by Gasteiger charge is -2.03. The van der Waals surface area contributed by atoms with Crippen molar-refractivity contribution >= 4 is 23.4 Å². The van der Waals surface area contributed by atoms with Gasteiger partial charge in [-0.3, -0.25) is 4.79 Å². The molecule has 0 unspecified atom stereocenters. The average Bonchev–Trinajstić information content (AvgIpc) is 2.24. The van der Waals surface area contributed by atoms with Gasteiger partial charge in [0.15, 0.2) is 5.16 Å². The summed E-state index contributed by atoms with van der Waals surface area (Å²) < 4.78 is 0. The van der Waals surface area contributed by atoms with Gasteiger partial charge in [-0.05, 0) is 18.6 Å². The second-order valence-corrected chi connectivity index (χ2v) is 4.53. The Kier molecular flexibility index (Phi) is 3.26. The summed E-state index contributed by atoms with van der Waals surface area (Å²) in [4.78, 5) is 22.7. The molecule has 2 aromatic heterocycles. The van der Waals surface area contributed by atoms with E-state index in [2.05, 4.69) is 15.0 Å². The van der Waals surface area contributed by atoms with Crippen molar-refractivity contribution < 1.29 is 0 Å². The Morgan fingerprint density at radius 2 is 2.25 bits per heavy atom. The molecule has 6 heteroatoms. The van der Waals surface area contributed by atoms with Gasteiger partial charge in [0.05, 0.1) is 0 Å². The molecule has 0 amide bonds. The zero-order valence-corrected chi connectivity index (χ0v) is 9.97. The maximum atomic E-state index is 11.1. The summed E-state index contributed by atoms with van der Waals surface area (Å²) in [5.74, 6) is 0. The van der Waals surface area contributed by atoms with Crippen LogP contribution in [0, 0.1) is 6.92 Å². The smallest absolute Gasteiger partial charge is 0.251 e. The Bertz CT molecular complexity index is 570. The maximum absolute atomic E-state index is 11.1. The third-order valence-corrected chi connectivity index (χ3v) is 3.14. The minimum absolute atomic E-state index is 0.171. The SMILES string of the molecule is Cc1cnc(Cl)cc1Sc1nccc(=O)[nH]1. The first kappa shape index (κ1) is 11.2. The normalized spacial score (nSPS) is 10.4. The minimum Gasteiger partial charge on any atom is -0.301 e. The highest BCUT2D eigenvalue weighted by atomic mass is 35.5. The fourth-order valence-electron chi connectivity index (χ4n) is 1.10. The number of aromatic amines is 1. The third kappa shape index (κ3) is 2.62. The monoisotopic (exact) mass is 253 g/mol. The molecule has 0 aliphatic carbocycles. The Morgan fingerprint density at radius 3 is 3.00 bits per heavy atom. The number of nitrogens with zero attached hydrogens (tertiary/aromatic N) is 2. The molecule has 1 N–H and O–H groups in total. The largest absolute Gasteiger partial charge is 0.301 e. The van der Waals surface area contributed by atoms with Gasteiger partial charge in [0.25, 0.3) is 5.56 Å². The molecule has 2 heterocycles. The van der Waals surface area contributed by atoms with Crippen molar-refractivity contribution in [3.05, 3.63) is 45.6 Å². The van der Waals surface area contributed by atoms with Gasteiger partial charge in [0.1, 0.15) is 5.15 Å². The first-order valence-corrected chi connectivity index (χ1v) is 5.70. The third-order valence-electron chi connectivity index (χ3n) is 1.87. The summed E-state index contributed by atoms with van der Waals surface area (Å²) in [6.45, 7) is 1.92. The van der Waals surface area contributed by atoms with Gasteiger partial charge in [-0.2, -0.15) is 0 Å². The Morgan fingerprint density at radius 1 is 1.44 bits per heavy atom. The fourth-order valence-corrected chi connectivity index (χ4v) is 2.18. The summed E-state index contributed by atoms with van der Waals surface area (Å²) in [5.41, 5.74) is 0.816. The first-order chi connectivity index (χ1) is 7.65. The second-order valence-electron chi connectivity index (χ2n) is 3.11. The molecule has 4 nitrogen and oxygen atoms in total. The summed E-state index contributed by atoms with van der Waals surface area (Å²) in [6.07, 6.45) is 3.16. The lowest BCUT2D eigenvalue weighted by atomic mass is 10.3. The zero-order chi connectivity index (χ0) is 11.5. The van der Waals surface area contributed by atoms with Crippen molar-refractivity contribution in [2.45, 2.75) is 17.0 Å². The van der Waals surface area contributed by atoms with Crippen LogP contribution >= 0.6 is 23.4 Å². The van der Waals surface area contributed by atoms with E-state index in [-0.39, 0.29) is 5.56 Å². The standard InChI is InChI=1S/C10H8ClN3OS/c1-6-5-13-8(11)4-7(6)16-10-12-3-2-9(15)14-10/h2-5H,1H3,(H,12,14,15). The number of halogens is 1. The van der Waals surface area contributed by atoms with Crippen LogP contribution < -0.4 is 5.56 Å². The molecule has 0 fully saturated rings. The minimum atomic E-state index is -0.171. The van der Waals surface area contributed by atoms with Crippen LogP contribution in [-0.4, -0.2) is 15.0 Å². The Hall–Kier alpha value is -1.33. The molecule has 0 saturated carbocycles. The molecule has 2 rings (SSSR count). The molecule has 0 aliphatic heterocycles. The van der Waals surface area contributed by atoms with Crippen LogP contribution in [0.1, 0.15) is 5.56 Å². The van der Waals surface area contributed by atoms with E-state index in [0.29, 0.717) is 10.3 Å². The van der Waals surface area contributed by atoms with E-state index < -0.39 is 0 Å². The number of aromatic nitrogens is 3. The van der Waals surface area contributed by atoms with Gasteiger partial charge in [-0.15, -0.1) is 0 Å². The highest BCUT2D eigenvalue weighted by Gasteiger charge is 2.04. The number of H-pyrrole nitrogens is 1. The molecule has 0 spiro atoms. The molecule has 0 radical (unpaired) electrons. The summed E-state index contributed by atoms with van der Waals surface area (Å²) in [5, 5.41) is 0.962. The number of nitrogens with one attached hydrogen (secondary N) is 1. The Balaban J connectivity index is 2.33. The van der Waals surface area contributed by atoms with Gasteiger partial charge in [0, 0.05) is 23.4 Å². The van der Waals surface area contributed by atoms with Crippen LogP contribution in [0.3, 0.4) is 0 Å². The van der Waals surface area contributed by atoms with Gasteiger partial charge < -0.3 is 4.98 Å². The molecule has 82 valence electrons. The van der Waals surface area contributed by atoms with E-state index in [1.807, 2.05) is 6.92 Å². The van der Waals surface area contributed by atoms with E-state index in [1.165, 1.54) is 24.0 Å². The number of rotatable bonds is 2. The summed E-state index contributed by atoms with van der Waals surface area (Å²) in [7, 11) is 0. The van der Waals surface area contributed by atoms with Crippen LogP contribution in [0.5, 0.6) is 0 Å². The molecule has 2 aromatic rings. The molecule has 0 atom stereocenters. The van der Waals surface area contributed by atoms with E-state index in [4.69, 9.17) is 11.6 Å². The molecule has 16 heavy (non-hydrogen) atoms. The van der Waals surface area contributed by atoms with Crippen LogP contribution in [0.15, 0.2) is 39.4 Å². The predicted molar refractivity (Wildman–Crippen MR) is 63.0 cm³/mol. The average molecular weight is 254 g/mol. The predicted octanol–water partition coefficient (Wildman–Crippen LogP) is 2.28. The quantitative estimate of drug-likeness (QED) is 0.659. The van der Waals surface area contributed by atoms with E-state index >= 15 is 0 Å². The maximum Gasteiger partial charge on any atom is 0.251 e. The molecular formula is C10H8ClN3OS. The van der Waals surface area contributed by atoms with Gasteiger partial charge in [0.2, 0.25) is 0 Å². The van der Waals surface area contributed by atoms with Crippen LogP contribution in [-0.2, 0) is 0 Å². The molecule has 0 saturated heterocycles.